The molecule has 138 valence electrons. The van der Waals surface area contributed by atoms with Crippen LogP contribution in [-0.2, 0) is 0 Å². The molecular weight excluding hydrogens is 354 g/mol. The second-order valence-corrected chi connectivity index (χ2v) is 7.72. The van der Waals surface area contributed by atoms with Crippen LogP contribution in [0.3, 0.4) is 0 Å². The molecule has 2 heteroatoms. The van der Waals surface area contributed by atoms with E-state index in [-0.39, 0.29) is 5.92 Å². The molecule has 1 atom stereocenters. The third-order valence-corrected chi connectivity index (χ3v) is 6.06. The number of benzene rings is 4. The fraction of sp³-hybridized carbons (Fsp3) is 0.0741. The van der Waals surface area contributed by atoms with Crippen LogP contribution in [0, 0.1) is 0 Å². The third-order valence-electron chi connectivity index (χ3n) is 6.06. The molecule has 4 aromatic carbocycles. The zero-order chi connectivity index (χ0) is 19.4. The topological polar surface area (TPSA) is 33.1 Å². The smallest absolute Gasteiger partial charge is 0.111 e. The van der Waals surface area contributed by atoms with Gasteiger partial charge in [0.15, 0.2) is 0 Å². The zero-order valence-electron chi connectivity index (χ0n) is 15.8. The molecule has 0 bridgehead atoms. The van der Waals surface area contributed by atoms with E-state index in [1.165, 1.54) is 37.9 Å². The molecule has 1 aliphatic carbocycles. The van der Waals surface area contributed by atoms with Crippen LogP contribution in [0.15, 0.2) is 96.8 Å². The number of aliphatic hydroxyl groups excluding tert-OH is 1. The van der Waals surface area contributed by atoms with Crippen LogP contribution in [0.5, 0.6) is 0 Å². The molecule has 2 nitrogen and oxygen atoms in total. The molecular formula is C27H19NO. The summed E-state index contributed by atoms with van der Waals surface area (Å²) in [4.78, 5) is 5.22. The van der Waals surface area contributed by atoms with Gasteiger partial charge in [0.05, 0.1) is 11.0 Å². The Bertz CT molecular complexity index is 1400. The monoisotopic (exact) mass is 373 g/mol. The van der Waals surface area contributed by atoms with Gasteiger partial charge in [-0.25, -0.2) is 4.98 Å². The van der Waals surface area contributed by atoms with Crippen molar-refractivity contribution in [1.82, 2.24) is 4.98 Å². The fourth-order valence-electron chi connectivity index (χ4n) is 4.67. The van der Waals surface area contributed by atoms with Crippen LogP contribution in [0.25, 0.3) is 43.4 Å². The first kappa shape index (κ1) is 16.3. The maximum absolute atomic E-state index is 9.85. The molecule has 0 saturated carbocycles. The van der Waals surface area contributed by atoms with Crippen LogP contribution in [-0.4, -0.2) is 10.1 Å². The number of hydrogen-bond acceptors (Lipinski definition) is 2. The van der Waals surface area contributed by atoms with Crippen molar-refractivity contribution in [3.63, 3.8) is 0 Å². The van der Waals surface area contributed by atoms with Gasteiger partial charge < -0.3 is 5.11 Å². The van der Waals surface area contributed by atoms with Gasteiger partial charge in [-0.3, -0.25) is 0 Å². The van der Waals surface area contributed by atoms with Crippen LogP contribution < -0.4 is 0 Å². The minimum atomic E-state index is 0.209. The minimum absolute atomic E-state index is 0.209. The van der Waals surface area contributed by atoms with Crippen molar-refractivity contribution in [3.05, 3.63) is 102 Å². The summed E-state index contributed by atoms with van der Waals surface area (Å²) in [6.07, 6.45) is 6.63. The number of fused-ring (bicyclic) bond motifs is 6. The lowest BCUT2D eigenvalue weighted by atomic mass is 9.85. The van der Waals surface area contributed by atoms with E-state index in [1.807, 2.05) is 12.2 Å². The normalized spacial score (nSPS) is 16.7. The van der Waals surface area contributed by atoms with Crippen molar-refractivity contribution in [2.75, 3.05) is 0 Å². The van der Waals surface area contributed by atoms with Crippen molar-refractivity contribution in [1.29, 1.82) is 0 Å². The average molecular weight is 373 g/mol. The number of pyridine rings is 1. The van der Waals surface area contributed by atoms with Crippen molar-refractivity contribution in [2.24, 2.45) is 0 Å². The number of allylic oxidation sites excluding steroid dienone is 3. The highest BCUT2D eigenvalue weighted by atomic mass is 16.3. The molecule has 1 heterocycles. The summed E-state index contributed by atoms with van der Waals surface area (Å²) >= 11 is 0. The van der Waals surface area contributed by atoms with Gasteiger partial charge in [-0.05, 0) is 34.9 Å². The standard InChI is InChI=1S/C27H19NO/c29-20-13-9-19(10-14-20)25-23-15-11-17-5-1-3-7-21(17)26(23)28-27-22-8-4-2-6-18(22)12-16-24(25)27/h1-9,11-16,19,29H,10H2. The Balaban J connectivity index is 1.82. The van der Waals surface area contributed by atoms with Gasteiger partial charge in [-0.1, -0.05) is 78.9 Å². The second kappa shape index (κ2) is 6.18. The Kier molecular flexibility index (Phi) is 3.48. The van der Waals surface area contributed by atoms with E-state index in [9.17, 15) is 5.11 Å². The summed E-state index contributed by atoms with van der Waals surface area (Å²) < 4.78 is 0. The molecule has 5 aromatic rings. The van der Waals surface area contributed by atoms with Crippen LogP contribution >= 0.6 is 0 Å². The molecule has 0 radical (unpaired) electrons. The molecule has 0 aliphatic heterocycles. The summed E-state index contributed by atoms with van der Waals surface area (Å²) in [7, 11) is 0. The molecule has 0 fully saturated rings. The fourth-order valence-corrected chi connectivity index (χ4v) is 4.67. The molecule has 1 N–H and O–H groups in total. The van der Waals surface area contributed by atoms with Crippen molar-refractivity contribution in [2.45, 2.75) is 12.3 Å². The molecule has 1 aromatic heterocycles. The van der Waals surface area contributed by atoms with E-state index in [0.29, 0.717) is 5.76 Å². The summed E-state index contributed by atoms with van der Waals surface area (Å²) in [5, 5.41) is 17.0. The largest absolute Gasteiger partial charge is 0.508 e. The van der Waals surface area contributed by atoms with Gasteiger partial charge in [0.2, 0.25) is 0 Å². The summed E-state index contributed by atoms with van der Waals surface area (Å²) in [5.41, 5.74) is 3.39. The number of rotatable bonds is 1. The summed E-state index contributed by atoms with van der Waals surface area (Å²) in [6, 6.07) is 25.7. The highest BCUT2D eigenvalue weighted by Gasteiger charge is 2.20. The Morgan fingerprint density at radius 3 is 1.83 bits per heavy atom. The second-order valence-electron chi connectivity index (χ2n) is 7.72. The molecule has 6 rings (SSSR count). The number of hydrogen-bond donors (Lipinski definition) is 1. The predicted molar refractivity (Wildman–Crippen MR) is 121 cm³/mol. The van der Waals surface area contributed by atoms with E-state index >= 15 is 0 Å². The minimum Gasteiger partial charge on any atom is -0.508 e. The average Bonchev–Trinajstić information content (AvgIpc) is 2.78. The summed E-state index contributed by atoms with van der Waals surface area (Å²) in [6.45, 7) is 0. The molecule has 0 amide bonds. The van der Waals surface area contributed by atoms with Gasteiger partial charge in [0.1, 0.15) is 5.76 Å². The maximum atomic E-state index is 9.85. The maximum Gasteiger partial charge on any atom is 0.111 e. The highest BCUT2D eigenvalue weighted by molar-refractivity contribution is 6.15. The van der Waals surface area contributed by atoms with Gasteiger partial charge in [-0.2, -0.15) is 0 Å². The van der Waals surface area contributed by atoms with E-state index in [0.717, 1.165) is 17.5 Å². The lowest BCUT2D eigenvalue weighted by Crippen LogP contribution is -2.02. The van der Waals surface area contributed by atoms with Crippen molar-refractivity contribution >= 4 is 43.4 Å². The van der Waals surface area contributed by atoms with E-state index < -0.39 is 0 Å². The number of aliphatic hydroxyl groups is 1. The first-order valence-corrected chi connectivity index (χ1v) is 10.00. The molecule has 0 saturated heterocycles. The number of nitrogens with zero attached hydrogens (tertiary/aromatic N) is 1. The Morgan fingerprint density at radius 2 is 1.28 bits per heavy atom. The SMILES string of the molecule is OC1=CCC(c2c3ccc4ccccc4c3nc3c2ccc2ccccc23)C=C1. The Morgan fingerprint density at radius 1 is 0.690 bits per heavy atom. The van der Waals surface area contributed by atoms with Crippen LogP contribution in [0.1, 0.15) is 17.9 Å². The van der Waals surface area contributed by atoms with E-state index in [1.54, 1.807) is 0 Å². The first-order chi connectivity index (χ1) is 14.3. The lowest BCUT2D eigenvalue weighted by molar-refractivity contribution is 0.425. The zero-order valence-corrected chi connectivity index (χ0v) is 15.8. The van der Waals surface area contributed by atoms with Gasteiger partial charge in [0.25, 0.3) is 0 Å². The quantitative estimate of drug-likeness (QED) is 0.249. The highest BCUT2D eigenvalue weighted by Crippen LogP contribution is 2.40. The van der Waals surface area contributed by atoms with E-state index in [4.69, 9.17) is 4.98 Å². The lowest BCUT2D eigenvalue weighted by Gasteiger charge is -2.20. The predicted octanol–water partition coefficient (Wildman–Crippen LogP) is 7.18. The number of aromatic nitrogens is 1. The molecule has 29 heavy (non-hydrogen) atoms. The van der Waals surface area contributed by atoms with E-state index in [2.05, 4.69) is 78.9 Å². The first-order valence-electron chi connectivity index (χ1n) is 10.00. The molecule has 1 aliphatic rings. The molecule has 0 spiro atoms. The van der Waals surface area contributed by atoms with Gasteiger partial charge in [-0.15, -0.1) is 0 Å². The third kappa shape index (κ3) is 2.46. The van der Waals surface area contributed by atoms with Gasteiger partial charge >= 0.3 is 0 Å². The Hall–Kier alpha value is -3.65. The molecule has 1 unspecified atom stereocenters. The van der Waals surface area contributed by atoms with Crippen LogP contribution in [0.4, 0.5) is 0 Å². The van der Waals surface area contributed by atoms with Crippen molar-refractivity contribution < 1.29 is 5.11 Å². The Labute approximate surface area is 168 Å². The van der Waals surface area contributed by atoms with Crippen LogP contribution in [0.2, 0.25) is 0 Å². The van der Waals surface area contributed by atoms with Gasteiger partial charge in [0, 0.05) is 27.5 Å². The summed E-state index contributed by atoms with van der Waals surface area (Å²) in [5.74, 6) is 0.557. The van der Waals surface area contributed by atoms with Crippen molar-refractivity contribution in [3.8, 4) is 0 Å².